The van der Waals surface area contributed by atoms with E-state index in [0.717, 1.165) is 22.3 Å². The van der Waals surface area contributed by atoms with Crippen LogP contribution >= 0.6 is 11.3 Å². The van der Waals surface area contributed by atoms with Gasteiger partial charge in [0.1, 0.15) is 0 Å². The van der Waals surface area contributed by atoms with Crippen molar-refractivity contribution in [1.82, 2.24) is 4.98 Å². The topological polar surface area (TPSA) is 68.7 Å². The lowest BCUT2D eigenvalue weighted by atomic mass is 9.47. The number of carbonyl (C=O) groups excluding carboxylic acids is 2. The molecule has 7 heteroatoms. The summed E-state index contributed by atoms with van der Waals surface area (Å²) in [5.41, 5.74) is 3.17. The maximum atomic E-state index is 14.0. The van der Waals surface area contributed by atoms with E-state index in [1.165, 1.54) is 16.2 Å². The molecule has 0 saturated carbocycles. The number of hydrogen-bond donors (Lipinski definition) is 0. The van der Waals surface area contributed by atoms with Crippen LogP contribution in [0, 0.1) is 11.8 Å². The van der Waals surface area contributed by atoms with Gasteiger partial charge in [-0.2, -0.15) is 0 Å². The van der Waals surface area contributed by atoms with Gasteiger partial charge in [-0.15, -0.1) is 11.3 Å². The zero-order chi connectivity index (χ0) is 21.3. The fourth-order valence-electron chi connectivity index (χ4n) is 6.21. The van der Waals surface area contributed by atoms with Gasteiger partial charge in [-0.05, 0) is 22.3 Å². The third-order valence-corrected chi connectivity index (χ3v) is 7.85. The molecule has 2 amide bonds. The summed E-state index contributed by atoms with van der Waals surface area (Å²) in [4.78, 5) is 33.3. The largest absolute Gasteiger partial charge is 0.355 e. The van der Waals surface area contributed by atoms with Crippen molar-refractivity contribution in [3.63, 3.8) is 0 Å². The second-order valence-electron chi connectivity index (χ2n) is 8.15. The molecule has 1 fully saturated rings. The molecule has 0 radical (unpaired) electrons. The predicted octanol–water partition coefficient (Wildman–Crippen LogP) is 3.31. The molecule has 3 aromatic rings. The highest BCUT2D eigenvalue weighted by Gasteiger charge is 2.71. The Morgan fingerprint density at radius 1 is 0.968 bits per heavy atom. The standard InChI is InChI=1S/C24H20N2O4S/c1-29-22(30-2)24-15-9-5-3-7-13(15)17(14-8-4-6-10-16(14)24)18-19(24)21(28)26(20(18)27)23-25-11-12-31-23/h3-12,17-19,22H,1-2H3/t17?,18-,19-,24?/m0/s1. The highest BCUT2D eigenvalue weighted by Crippen LogP contribution is 2.65. The van der Waals surface area contributed by atoms with Gasteiger partial charge in [0.05, 0.1) is 17.3 Å². The van der Waals surface area contributed by atoms with Gasteiger partial charge in [0.25, 0.3) is 0 Å². The van der Waals surface area contributed by atoms with Gasteiger partial charge in [0.15, 0.2) is 11.4 Å². The number of benzene rings is 2. The minimum atomic E-state index is -0.936. The van der Waals surface area contributed by atoms with Crippen molar-refractivity contribution in [1.29, 1.82) is 0 Å². The summed E-state index contributed by atoms with van der Waals surface area (Å²) >= 11 is 1.29. The van der Waals surface area contributed by atoms with Crippen molar-refractivity contribution in [2.45, 2.75) is 17.6 Å². The molecule has 156 valence electrons. The first-order valence-electron chi connectivity index (χ1n) is 10.2. The van der Waals surface area contributed by atoms with Crippen LogP contribution in [0.3, 0.4) is 0 Å². The fraction of sp³-hybridized carbons (Fsp3) is 0.292. The quantitative estimate of drug-likeness (QED) is 0.467. The molecule has 0 N–H and O–H groups in total. The number of ether oxygens (including phenoxy) is 2. The molecule has 2 atom stereocenters. The number of carbonyl (C=O) groups is 2. The summed E-state index contributed by atoms with van der Waals surface area (Å²) in [6.45, 7) is 0. The smallest absolute Gasteiger partial charge is 0.241 e. The van der Waals surface area contributed by atoms with Crippen LogP contribution in [-0.2, 0) is 24.5 Å². The van der Waals surface area contributed by atoms with Crippen LogP contribution in [0.1, 0.15) is 28.2 Å². The van der Waals surface area contributed by atoms with E-state index in [9.17, 15) is 9.59 Å². The number of thiazole rings is 1. The van der Waals surface area contributed by atoms with Gasteiger partial charge < -0.3 is 9.47 Å². The molecule has 1 saturated heterocycles. The molecule has 2 bridgehead atoms. The Morgan fingerprint density at radius 3 is 2.13 bits per heavy atom. The summed E-state index contributed by atoms with van der Waals surface area (Å²) in [6, 6.07) is 16.1. The number of anilines is 1. The Bertz CT molecular complexity index is 1160. The SMILES string of the molecule is COC(OC)C12c3ccccc3C(c3ccccc31)[C@@H]1C(=O)N(c3nccs3)C(=O)[C@H]12. The Hall–Kier alpha value is -2.87. The van der Waals surface area contributed by atoms with Gasteiger partial charge >= 0.3 is 0 Å². The van der Waals surface area contributed by atoms with Crippen molar-refractivity contribution in [2.24, 2.45) is 11.8 Å². The number of aromatic nitrogens is 1. The Morgan fingerprint density at radius 2 is 1.58 bits per heavy atom. The number of methoxy groups -OCH3 is 2. The number of rotatable bonds is 4. The molecule has 2 heterocycles. The third-order valence-electron chi connectivity index (χ3n) is 7.09. The van der Waals surface area contributed by atoms with E-state index < -0.39 is 23.5 Å². The molecule has 1 aromatic heterocycles. The van der Waals surface area contributed by atoms with Crippen molar-refractivity contribution < 1.29 is 19.1 Å². The number of nitrogens with zero attached hydrogens (tertiary/aromatic N) is 2. The van der Waals surface area contributed by atoms with E-state index >= 15 is 0 Å². The first kappa shape index (κ1) is 18.9. The minimum absolute atomic E-state index is 0.199. The normalized spacial score (nSPS) is 28.1. The van der Waals surface area contributed by atoms with Crippen LogP contribution in [0.25, 0.3) is 0 Å². The van der Waals surface area contributed by atoms with Crippen LogP contribution in [0.4, 0.5) is 5.13 Å². The summed E-state index contributed by atoms with van der Waals surface area (Å²) in [6.07, 6.45) is 0.875. The van der Waals surface area contributed by atoms with Crippen molar-refractivity contribution in [3.05, 3.63) is 82.4 Å². The van der Waals surface area contributed by atoms with E-state index in [4.69, 9.17) is 9.47 Å². The van der Waals surface area contributed by atoms with Crippen molar-refractivity contribution in [3.8, 4) is 0 Å². The average molecular weight is 433 g/mol. The molecular weight excluding hydrogens is 412 g/mol. The molecule has 0 unspecified atom stereocenters. The van der Waals surface area contributed by atoms with Gasteiger partial charge in [-0.25, -0.2) is 9.88 Å². The molecule has 4 aliphatic rings. The van der Waals surface area contributed by atoms with E-state index in [-0.39, 0.29) is 17.7 Å². The predicted molar refractivity (Wildman–Crippen MR) is 115 cm³/mol. The van der Waals surface area contributed by atoms with Gasteiger partial charge in [0.2, 0.25) is 11.8 Å². The number of amides is 2. The van der Waals surface area contributed by atoms with Crippen molar-refractivity contribution >= 4 is 28.3 Å². The summed E-state index contributed by atoms with van der Waals surface area (Å²) in [5, 5.41) is 2.19. The maximum Gasteiger partial charge on any atom is 0.241 e. The molecule has 0 spiro atoms. The Balaban J connectivity index is 1.71. The van der Waals surface area contributed by atoms with Crippen LogP contribution < -0.4 is 4.90 Å². The van der Waals surface area contributed by atoms with E-state index in [2.05, 4.69) is 17.1 Å². The third kappa shape index (κ3) is 2.11. The molecule has 31 heavy (non-hydrogen) atoms. The first-order valence-corrected chi connectivity index (χ1v) is 11.1. The summed E-state index contributed by atoms with van der Waals surface area (Å²) < 4.78 is 11.7. The fourth-order valence-corrected chi connectivity index (χ4v) is 6.86. The van der Waals surface area contributed by atoms with Crippen LogP contribution in [0.15, 0.2) is 60.1 Å². The lowest BCUT2D eigenvalue weighted by Crippen LogP contribution is -2.60. The lowest BCUT2D eigenvalue weighted by Gasteiger charge is -2.56. The van der Waals surface area contributed by atoms with Gasteiger partial charge in [-0.1, -0.05) is 48.5 Å². The van der Waals surface area contributed by atoms with Crippen molar-refractivity contribution in [2.75, 3.05) is 19.1 Å². The molecule has 7 rings (SSSR count). The highest BCUT2D eigenvalue weighted by atomic mass is 32.1. The Kier molecular flexibility index (Phi) is 3.99. The first-order chi connectivity index (χ1) is 15.2. The second-order valence-corrected chi connectivity index (χ2v) is 9.03. The van der Waals surface area contributed by atoms with Crippen LogP contribution in [0.2, 0.25) is 0 Å². The zero-order valence-electron chi connectivity index (χ0n) is 17.0. The molecule has 3 aliphatic carbocycles. The van der Waals surface area contributed by atoms with E-state index in [1.807, 2.05) is 36.4 Å². The van der Waals surface area contributed by atoms with Crippen LogP contribution in [0.5, 0.6) is 0 Å². The lowest BCUT2D eigenvalue weighted by molar-refractivity contribution is -0.168. The zero-order valence-corrected chi connectivity index (χ0v) is 17.8. The summed E-state index contributed by atoms with van der Waals surface area (Å²) in [5.74, 6) is -1.81. The van der Waals surface area contributed by atoms with Gasteiger partial charge in [-0.3, -0.25) is 9.59 Å². The number of hydrogen-bond acceptors (Lipinski definition) is 6. The summed E-state index contributed by atoms with van der Waals surface area (Å²) in [7, 11) is 3.17. The minimum Gasteiger partial charge on any atom is -0.355 e. The van der Waals surface area contributed by atoms with Crippen LogP contribution in [-0.4, -0.2) is 37.3 Å². The monoisotopic (exact) mass is 432 g/mol. The van der Waals surface area contributed by atoms with E-state index in [1.54, 1.807) is 25.8 Å². The molecule has 1 aliphatic heterocycles. The molecule has 2 aromatic carbocycles. The Labute approximate surface area is 183 Å². The number of imide groups is 1. The second kappa shape index (κ2) is 6.56. The highest BCUT2D eigenvalue weighted by molar-refractivity contribution is 7.14. The molecule has 6 nitrogen and oxygen atoms in total. The maximum absolute atomic E-state index is 14.0. The molecular formula is C24H20N2O4S. The van der Waals surface area contributed by atoms with E-state index in [0.29, 0.717) is 5.13 Å². The average Bonchev–Trinajstić information content (AvgIpc) is 3.42. The van der Waals surface area contributed by atoms with Gasteiger partial charge in [0, 0.05) is 31.7 Å².